The van der Waals surface area contributed by atoms with Crippen molar-refractivity contribution >= 4 is 5.78 Å². The van der Waals surface area contributed by atoms with E-state index in [1.165, 1.54) is 0 Å². The zero-order valence-corrected chi connectivity index (χ0v) is 11.3. The van der Waals surface area contributed by atoms with Gasteiger partial charge in [0, 0.05) is 18.0 Å². The van der Waals surface area contributed by atoms with E-state index in [4.69, 9.17) is 4.52 Å². The molecule has 0 aliphatic carbocycles. The summed E-state index contributed by atoms with van der Waals surface area (Å²) in [5, 5.41) is 4.04. The van der Waals surface area contributed by atoms with Crippen molar-refractivity contribution < 1.29 is 4.52 Å². The predicted molar refractivity (Wildman–Crippen MR) is 76.5 cm³/mol. The highest BCUT2D eigenvalue weighted by molar-refractivity contribution is 5.61. The van der Waals surface area contributed by atoms with Crippen LogP contribution in [0, 0.1) is 6.92 Å². The third-order valence-corrected chi connectivity index (χ3v) is 3.24. The Balaban J connectivity index is 1.87. The van der Waals surface area contributed by atoms with Gasteiger partial charge in [0.2, 0.25) is 11.6 Å². The van der Waals surface area contributed by atoms with Crippen LogP contribution in [-0.2, 0) is 0 Å². The predicted octanol–water partition coefficient (Wildman–Crippen LogP) is 2.75. The molecule has 0 saturated carbocycles. The highest BCUT2D eigenvalue weighted by Gasteiger charge is 2.18. The average molecular weight is 277 g/mol. The Hall–Kier alpha value is -3.02. The number of imidazole rings is 1. The summed E-state index contributed by atoms with van der Waals surface area (Å²) in [5.41, 5.74) is 2.49. The number of benzene rings is 1. The van der Waals surface area contributed by atoms with E-state index < -0.39 is 0 Å². The summed E-state index contributed by atoms with van der Waals surface area (Å²) in [7, 11) is 0. The molecule has 0 N–H and O–H groups in total. The summed E-state index contributed by atoms with van der Waals surface area (Å²) in [4.78, 5) is 13.1. The van der Waals surface area contributed by atoms with Gasteiger partial charge in [-0.05, 0) is 13.0 Å². The second kappa shape index (κ2) is 4.52. The summed E-state index contributed by atoms with van der Waals surface area (Å²) in [6.45, 7) is 1.90. The number of fused-ring (bicyclic) bond motifs is 1. The first kappa shape index (κ1) is 11.8. The van der Waals surface area contributed by atoms with Crippen molar-refractivity contribution in [2.45, 2.75) is 6.92 Å². The van der Waals surface area contributed by atoms with Gasteiger partial charge in [-0.25, -0.2) is 9.97 Å². The first-order valence-electron chi connectivity index (χ1n) is 6.52. The fourth-order valence-electron chi connectivity index (χ4n) is 2.28. The van der Waals surface area contributed by atoms with Crippen LogP contribution in [0.1, 0.15) is 5.69 Å². The Morgan fingerprint density at radius 2 is 1.90 bits per heavy atom. The highest BCUT2D eigenvalue weighted by Crippen LogP contribution is 2.25. The molecule has 0 atom stereocenters. The monoisotopic (exact) mass is 277 g/mol. The normalized spacial score (nSPS) is 11.1. The zero-order chi connectivity index (χ0) is 14.2. The SMILES string of the molecule is Cc1nc2ncccn2c1-c1nc(-c2ccccc2)no1. The maximum Gasteiger partial charge on any atom is 0.277 e. The van der Waals surface area contributed by atoms with Crippen molar-refractivity contribution in [1.82, 2.24) is 24.5 Å². The van der Waals surface area contributed by atoms with E-state index in [2.05, 4.69) is 20.1 Å². The second-order valence-electron chi connectivity index (χ2n) is 4.62. The molecule has 0 aliphatic rings. The van der Waals surface area contributed by atoms with E-state index in [0.717, 1.165) is 17.0 Å². The molecule has 1 aromatic carbocycles. The molecule has 4 aromatic rings. The van der Waals surface area contributed by atoms with Gasteiger partial charge in [-0.15, -0.1) is 0 Å². The lowest BCUT2D eigenvalue weighted by atomic mass is 10.2. The van der Waals surface area contributed by atoms with Gasteiger partial charge in [0.05, 0.1) is 5.69 Å². The molecule has 6 nitrogen and oxygen atoms in total. The Bertz CT molecular complexity index is 910. The molecule has 102 valence electrons. The first-order chi connectivity index (χ1) is 10.3. The molecule has 21 heavy (non-hydrogen) atoms. The van der Waals surface area contributed by atoms with E-state index in [1.807, 2.05) is 53.9 Å². The Labute approximate surface area is 120 Å². The van der Waals surface area contributed by atoms with Crippen LogP contribution in [0.2, 0.25) is 0 Å². The number of aromatic nitrogens is 5. The number of hydrogen-bond donors (Lipinski definition) is 0. The lowest BCUT2D eigenvalue weighted by Crippen LogP contribution is -1.90. The van der Waals surface area contributed by atoms with Gasteiger partial charge in [-0.1, -0.05) is 35.5 Å². The van der Waals surface area contributed by atoms with E-state index in [-0.39, 0.29) is 0 Å². The van der Waals surface area contributed by atoms with Crippen LogP contribution >= 0.6 is 0 Å². The average Bonchev–Trinajstić information content (AvgIpc) is 3.11. The highest BCUT2D eigenvalue weighted by atomic mass is 16.5. The molecule has 0 unspecified atom stereocenters. The van der Waals surface area contributed by atoms with Crippen LogP contribution < -0.4 is 0 Å². The molecule has 0 radical (unpaired) electrons. The number of nitrogens with zero attached hydrogens (tertiary/aromatic N) is 5. The van der Waals surface area contributed by atoms with Gasteiger partial charge in [-0.2, -0.15) is 4.98 Å². The maximum atomic E-state index is 5.40. The summed E-state index contributed by atoms with van der Waals surface area (Å²) in [5.74, 6) is 1.61. The standard InChI is InChI=1S/C15H11N5O/c1-10-12(20-9-5-8-16-15(20)17-10)14-18-13(19-21-14)11-6-3-2-4-7-11/h2-9H,1H3. The fourth-order valence-corrected chi connectivity index (χ4v) is 2.28. The van der Waals surface area contributed by atoms with Gasteiger partial charge in [-0.3, -0.25) is 4.40 Å². The molecule has 0 amide bonds. The van der Waals surface area contributed by atoms with Gasteiger partial charge < -0.3 is 4.52 Å². The van der Waals surface area contributed by atoms with Crippen molar-refractivity contribution in [1.29, 1.82) is 0 Å². The topological polar surface area (TPSA) is 69.1 Å². The molecule has 0 fully saturated rings. The number of rotatable bonds is 2. The molecule has 0 spiro atoms. The number of aryl methyl sites for hydroxylation is 1. The van der Waals surface area contributed by atoms with Crippen molar-refractivity contribution in [3.8, 4) is 23.0 Å². The van der Waals surface area contributed by atoms with Gasteiger partial charge in [0.1, 0.15) is 5.69 Å². The molecule has 0 aliphatic heterocycles. The van der Waals surface area contributed by atoms with Gasteiger partial charge >= 0.3 is 0 Å². The first-order valence-corrected chi connectivity index (χ1v) is 6.52. The molecule has 3 aromatic heterocycles. The van der Waals surface area contributed by atoms with Gasteiger partial charge in [0.15, 0.2) is 0 Å². The molecule has 6 heteroatoms. The summed E-state index contributed by atoms with van der Waals surface area (Å²) < 4.78 is 7.25. The molecule has 0 saturated heterocycles. The summed E-state index contributed by atoms with van der Waals surface area (Å²) in [6, 6.07) is 11.6. The van der Waals surface area contributed by atoms with Crippen LogP contribution in [-0.4, -0.2) is 24.5 Å². The minimum absolute atomic E-state index is 0.437. The van der Waals surface area contributed by atoms with Crippen molar-refractivity contribution in [3.63, 3.8) is 0 Å². The van der Waals surface area contributed by atoms with E-state index in [9.17, 15) is 0 Å². The Morgan fingerprint density at radius 1 is 1.05 bits per heavy atom. The van der Waals surface area contributed by atoms with Crippen LogP contribution in [0.25, 0.3) is 28.8 Å². The van der Waals surface area contributed by atoms with Crippen molar-refractivity contribution in [2.24, 2.45) is 0 Å². The lowest BCUT2D eigenvalue weighted by molar-refractivity contribution is 0.430. The Morgan fingerprint density at radius 3 is 2.76 bits per heavy atom. The van der Waals surface area contributed by atoms with Crippen LogP contribution in [0.15, 0.2) is 53.3 Å². The summed E-state index contributed by atoms with van der Waals surface area (Å²) >= 11 is 0. The maximum absolute atomic E-state index is 5.40. The molecule has 4 rings (SSSR count). The Kier molecular flexibility index (Phi) is 2.53. The van der Waals surface area contributed by atoms with E-state index in [0.29, 0.717) is 17.5 Å². The van der Waals surface area contributed by atoms with Crippen LogP contribution in [0.5, 0.6) is 0 Å². The minimum atomic E-state index is 0.437. The third-order valence-electron chi connectivity index (χ3n) is 3.24. The van der Waals surface area contributed by atoms with E-state index in [1.54, 1.807) is 6.20 Å². The lowest BCUT2D eigenvalue weighted by Gasteiger charge is -1.95. The molecular formula is C15H11N5O. The number of hydrogen-bond acceptors (Lipinski definition) is 5. The van der Waals surface area contributed by atoms with Crippen molar-refractivity contribution in [3.05, 3.63) is 54.5 Å². The molecule has 3 heterocycles. The van der Waals surface area contributed by atoms with Crippen LogP contribution in [0.3, 0.4) is 0 Å². The van der Waals surface area contributed by atoms with Crippen molar-refractivity contribution in [2.75, 3.05) is 0 Å². The largest absolute Gasteiger partial charge is 0.332 e. The van der Waals surface area contributed by atoms with Crippen LogP contribution in [0.4, 0.5) is 0 Å². The second-order valence-corrected chi connectivity index (χ2v) is 4.62. The molecular weight excluding hydrogens is 266 g/mol. The fraction of sp³-hybridized carbons (Fsp3) is 0.0667. The van der Waals surface area contributed by atoms with Gasteiger partial charge in [0.25, 0.3) is 5.89 Å². The zero-order valence-electron chi connectivity index (χ0n) is 11.3. The molecule has 0 bridgehead atoms. The van der Waals surface area contributed by atoms with E-state index >= 15 is 0 Å². The third kappa shape index (κ3) is 1.88. The smallest absolute Gasteiger partial charge is 0.277 e. The summed E-state index contributed by atoms with van der Waals surface area (Å²) in [6.07, 6.45) is 3.58. The quantitative estimate of drug-likeness (QED) is 0.563. The minimum Gasteiger partial charge on any atom is -0.332 e.